The second-order valence-corrected chi connectivity index (χ2v) is 8.76. The molecule has 2 aromatic rings. The van der Waals surface area contributed by atoms with Crippen molar-refractivity contribution in [3.8, 4) is 11.5 Å². The van der Waals surface area contributed by atoms with Crippen LogP contribution in [0, 0.1) is 25.7 Å². The van der Waals surface area contributed by atoms with Crippen LogP contribution < -0.4 is 14.8 Å². The Balaban J connectivity index is 2.22. The molecule has 6 nitrogen and oxygen atoms in total. The van der Waals surface area contributed by atoms with Crippen molar-refractivity contribution in [2.75, 3.05) is 13.2 Å². The van der Waals surface area contributed by atoms with E-state index in [2.05, 4.69) is 38.1 Å². The number of carbonyl (C=O) groups excluding carboxylic acids is 1. The average Bonchev–Trinajstić information content (AvgIpc) is 2.94. The van der Waals surface area contributed by atoms with Crippen molar-refractivity contribution >= 4 is 5.91 Å². The summed E-state index contributed by atoms with van der Waals surface area (Å²) in [4.78, 5) is 13.0. The van der Waals surface area contributed by atoms with Gasteiger partial charge in [0.1, 0.15) is 0 Å². The van der Waals surface area contributed by atoms with E-state index in [-0.39, 0.29) is 17.9 Å². The van der Waals surface area contributed by atoms with E-state index < -0.39 is 0 Å². The van der Waals surface area contributed by atoms with Crippen LogP contribution in [0.4, 0.5) is 0 Å². The molecule has 31 heavy (non-hydrogen) atoms. The van der Waals surface area contributed by atoms with E-state index in [1.54, 1.807) is 0 Å². The van der Waals surface area contributed by atoms with Gasteiger partial charge in [0.05, 0.1) is 31.4 Å². The Kier molecular flexibility index (Phi) is 8.96. The summed E-state index contributed by atoms with van der Waals surface area (Å²) >= 11 is 0. The molecule has 0 spiro atoms. The average molecular weight is 430 g/mol. The number of benzene rings is 1. The van der Waals surface area contributed by atoms with E-state index in [4.69, 9.17) is 9.47 Å². The number of hydrogen-bond acceptors (Lipinski definition) is 4. The zero-order chi connectivity index (χ0) is 23.1. The number of nitrogens with one attached hydrogen (secondary N) is 1. The third-order valence-electron chi connectivity index (χ3n) is 5.32. The van der Waals surface area contributed by atoms with Crippen molar-refractivity contribution in [1.29, 1.82) is 0 Å². The molecule has 0 saturated heterocycles. The minimum atomic E-state index is -0.117. The van der Waals surface area contributed by atoms with Crippen LogP contribution >= 0.6 is 0 Å². The third kappa shape index (κ3) is 6.49. The lowest BCUT2D eigenvalue weighted by atomic mass is 9.95. The van der Waals surface area contributed by atoms with Gasteiger partial charge in [0.25, 0.3) is 0 Å². The van der Waals surface area contributed by atoms with E-state index in [1.165, 1.54) is 0 Å². The van der Waals surface area contributed by atoms with Crippen molar-refractivity contribution in [3.05, 3.63) is 40.7 Å². The summed E-state index contributed by atoms with van der Waals surface area (Å²) in [5.41, 5.74) is 4.03. The Labute approximate surface area is 187 Å². The highest BCUT2D eigenvalue weighted by Gasteiger charge is 2.22. The van der Waals surface area contributed by atoms with Gasteiger partial charge in [-0.25, -0.2) is 0 Å². The highest BCUT2D eigenvalue weighted by atomic mass is 16.5. The molecule has 1 aromatic heterocycles. The number of aryl methyl sites for hydroxylation is 1. The van der Waals surface area contributed by atoms with Crippen molar-refractivity contribution < 1.29 is 14.3 Å². The third-order valence-corrected chi connectivity index (χ3v) is 5.32. The normalized spacial score (nSPS) is 12.3. The lowest BCUT2D eigenvalue weighted by Crippen LogP contribution is -2.33. The minimum absolute atomic E-state index is 0.000779. The Hall–Kier alpha value is -2.50. The molecule has 0 aliphatic carbocycles. The molecule has 2 rings (SSSR count). The van der Waals surface area contributed by atoms with Gasteiger partial charge in [0, 0.05) is 17.8 Å². The van der Waals surface area contributed by atoms with Gasteiger partial charge in [-0.3, -0.25) is 9.48 Å². The van der Waals surface area contributed by atoms with Gasteiger partial charge in [-0.15, -0.1) is 0 Å². The minimum Gasteiger partial charge on any atom is -0.490 e. The van der Waals surface area contributed by atoms with Crippen LogP contribution in [0.3, 0.4) is 0 Å². The molecule has 0 aliphatic heterocycles. The fourth-order valence-electron chi connectivity index (χ4n) is 3.79. The molecule has 0 radical (unpaired) electrons. The fraction of sp³-hybridized carbons (Fsp3) is 0.600. The zero-order valence-electron chi connectivity index (χ0n) is 20.4. The van der Waals surface area contributed by atoms with Crippen molar-refractivity contribution in [2.24, 2.45) is 11.8 Å². The lowest BCUT2D eigenvalue weighted by molar-refractivity contribution is -0.121. The van der Waals surface area contributed by atoms with Crippen LogP contribution in [0.15, 0.2) is 18.2 Å². The highest BCUT2D eigenvalue weighted by molar-refractivity contribution is 5.79. The number of aromatic nitrogens is 2. The predicted octanol–water partition coefficient (Wildman–Crippen LogP) is 5.01. The molecule has 1 unspecified atom stereocenters. The number of carbonyl (C=O) groups is 1. The Morgan fingerprint density at radius 3 is 2.29 bits per heavy atom. The largest absolute Gasteiger partial charge is 0.490 e. The standard InChI is InChI=1S/C25H39N3O3/c1-9-30-22-12-11-20(13-23(22)31-10-2)25(17(5)6)26-24(29)14-21-18(7)27-28(19(21)8)15-16(3)4/h11-13,16-17,25H,9-10,14-15H2,1-8H3,(H,26,29). The van der Waals surface area contributed by atoms with Crippen LogP contribution in [0.1, 0.15) is 70.1 Å². The first kappa shape index (κ1) is 24.8. The SMILES string of the molecule is CCOc1ccc(C(NC(=O)Cc2c(C)nn(CC(C)C)c2C)C(C)C)cc1OCC. The first-order chi connectivity index (χ1) is 14.7. The van der Waals surface area contributed by atoms with Gasteiger partial charge in [-0.1, -0.05) is 33.8 Å². The molecule has 1 aromatic carbocycles. The molecule has 6 heteroatoms. The summed E-state index contributed by atoms with van der Waals surface area (Å²) in [7, 11) is 0. The number of ether oxygens (including phenoxy) is 2. The van der Waals surface area contributed by atoms with Gasteiger partial charge in [0.15, 0.2) is 11.5 Å². The monoisotopic (exact) mass is 429 g/mol. The van der Waals surface area contributed by atoms with Crippen molar-refractivity contribution in [3.63, 3.8) is 0 Å². The molecule has 1 heterocycles. The van der Waals surface area contributed by atoms with Gasteiger partial charge >= 0.3 is 0 Å². The van der Waals surface area contributed by atoms with Gasteiger partial charge in [-0.2, -0.15) is 5.10 Å². The maximum atomic E-state index is 13.0. The van der Waals surface area contributed by atoms with Crippen LogP contribution in [0.2, 0.25) is 0 Å². The first-order valence-electron chi connectivity index (χ1n) is 11.4. The van der Waals surface area contributed by atoms with Crippen LogP contribution in [-0.4, -0.2) is 28.9 Å². The summed E-state index contributed by atoms with van der Waals surface area (Å²) in [5.74, 6) is 2.17. The second-order valence-electron chi connectivity index (χ2n) is 8.76. The molecule has 0 saturated carbocycles. The molecular weight excluding hydrogens is 390 g/mol. The van der Waals surface area contributed by atoms with Gasteiger partial charge < -0.3 is 14.8 Å². The second kappa shape index (κ2) is 11.2. The maximum absolute atomic E-state index is 13.0. The number of rotatable bonds is 11. The molecular formula is C25H39N3O3. The molecule has 1 N–H and O–H groups in total. The van der Waals surface area contributed by atoms with E-state index >= 15 is 0 Å². The molecule has 1 atom stereocenters. The summed E-state index contributed by atoms with van der Waals surface area (Å²) in [6.07, 6.45) is 0.328. The fourth-order valence-corrected chi connectivity index (χ4v) is 3.79. The smallest absolute Gasteiger partial charge is 0.225 e. The van der Waals surface area contributed by atoms with Crippen LogP contribution in [0.5, 0.6) is 11.5 Å². The maximum Gasteiger partial charge on any atom is 0.225 e. The highest BCUT2D eigenvalue weighted by Crippen LogP contribution is 2.33. The lowest BCUT2D eigenvalue weighted by Gasteiger charge is -2.24. The van der Waals surface area contributed by atoms with Crippen LogP contribution in [0.25, 0.3) is 0 Å². The Bertz CT molecular complexity index is 871. The van der Waals surface area contributed by atoms with Crippen molar-refractivity contribution in [1.82, 2.24) is 15.1 Å². The van der Waals surface area contributed by atoms with E-state index in [9.17, 15) is 4.79 Å². The topological polar surface area (TPSA) is 65.4 Å². The molecule has 0 fully saturated rings. The Morgan fingerprint density at radius 2 is 1.71 bits per heavy atom. The summed E-state index contributed by atoms with van der Waals surface area (Å²) in [6, 6.07) is 5.80. The van der Waals surface area contributed by atoms with Gasteiger partial charge in [0.2, 0.25) is 5.91 Å². The van der Waals surface area contributed by atoms with E-state index in [1.807, 2.05) is 50.6 Å². The summed E-state index contributed by atoms with van der Waals surface area (Å²) in [6.45, 7) is 18.5. The summed E-state index contributed by atoms with van der Waals surface area (Å²) in [5, 5.41) is 7.88. The number of amides is 1. The number of hydrogen-bond donors (Lipinski definition) is 1. The summed E-state index contributed by atoms with van der Waals surface area (Å²) < 4.78 is 13.5. The quantitative estimate of drug-likeness (QED) is 0.545. The molecule has 0 aliphatic rings. The molecule has 172 valence electrons. The predicted molar refractivity (Wildman–Crippen MR) is 125 cm³/mol. The van der Waals surface area contributed by atoms with Crippen LogP contribution in [-0.2, 0) is 17.8 Å². The van der Waals surface area contributed by atoms with Crippen molar-refractivity contribution in [2.45, 2.75) is 74.4 Å². The number of nitrogens with zero attached hydrogens (tertiary/aromatic N) is 2. The van der Waals surface area contributed by atoms with Gasteiger partial charge in [-0.05, 0) is 57.2 Å². The zero-order valence-corrected chi connectivity index (χ0v) is 20.4. The molecule has 1 amide bonds. The molecule has 0 bridgehead atoms. The first-order valence-corrected chi connectivity index (χ1v) is 11.4. The Morgan fingerprint density at radius 1 is 1.06 bits per heavy atom. The van der Waals surface area contributed by atoms with E-state index in [0.29, 0.717) is 31.3 Å². The van der Waals surface area contributed by atoms with E-state index in [0.717, 1.165) is 34.8 Å².